The molecule has 3 N–H and O–H groups in total. The molecule has 1 aromatic rings. The predicted molar refractivity (Wildman–Crippen MR) is 80.4 cm³/mol. The van der Waals surface area contributed by atoms with Gasteiger partial charge in [0.25, 0.3) is 0 Å². The summed E-state index contributed by atoms with van der Waals surface area (Å²) in [6, 6.07) is 5.71. The molecular formula is C14H21N3O3S. The van der Waals surface area contributed by atoms with Gasteiger partial charge >= 0.3 is 0 Å². The van der Waals surface area contributed by atoms with Crippen LogP contribution in [-0.4, -0.2) is 45.3 Å². The summed E-state index contributed by atoms with van der Waals surface area (Å²) in [4.78, 5) is 11.2. The molecule has 116 valence electrons. The highest BCUT2D eigenvalue weighted by Crippen LogP contribution is 2.18. The third-order valence-corrected chi connectivity index (χ3v) is 5.60. The minimum atomic E-state index is -3.53. The van der Waals surface area contributed by atoms with E-state index >= 15 is 0 Å². The number of nitrogens with zero attached hydrogens (tertiary/aromatic N) is 1. The van der Waals surface area contributed by atoms with Crippen LogP contribution in [0.2, 0.25) is 0 Å². The Bertz CT molecular complexity index is 592. The standard InChI is InChI=1S/C14H21N3O3S/c1-17(10-11-3-2-8-16-9-11)21(19,20)13-6-4-12(5-7-13)14(15)18/h4-7,11,16H,2-3,8-10H2,1H3,(H2,15,18). The van der Waals surface area contributed by atoms with Crippen molar-refractivity contribution in [3.05, 3.63) is 29.8 Å². The Morgan fingerprint density at radius 2 is 2.05 bits per heavy atom. The normalized spacial score (nSPS) is 19.6. The van der Waals surface area contributed by atoms with Crippen molar-refractivity contribution in [3.63, 3.8) is 0 Å². The van der Waals surface area contributed by atoms with E-state index in [0.717, 1.165) is 25.9 Å². The van der Waals surface area contributed by atoms with Crippen LogP contribution in [0.25, 0.3) is 0 Å². The van der Waals surface area contributed by atoms with Gasteiger partial charge in [-0.1, -0.05) is 0 Å². The van der Waals surface area contributed by atoms with Gasteiger partial charge in [0.1, 0.15) is 0 Å². The van der Waals surface area contributed by atoms with Crippen LogP contribution in [0.5, 0.6) is 0 Å². The van der Waals surface area contributed by atoms with E-state index < -0.39 is 15.9 Å². The van der Waals surface area contributed by atoms with E-state index in [1.807, 2.05) is 0 Å². The molecule has 0 bridgehead atoms. The number of hydrogen-bond donors (Lipinski definition) is 2. The van der Waals surface area contributed by atoms with E-state index in [9.17, 15) is 13.2 Å². The zero-order chi connectivity index (χ0) is 15.5. The molecule has 21 heavy (non-hydrogen) atoms. The largest absolute Gasteiger partial charge is 0.366 e. The summed E-state index contributed by atoms with van der Waals surface area (Å²) in [7, 11) is -1.94. The molecule has 0 saturated carbocycles. The molecule has 6 nitrogen and oxygen atoms in total. The maximum Gasteiger partial charge on any atom is 0.248 e. The van der Waals surface area contributed by atoms with Gasteiger partial charge in [-0.25, -0.2) is 12.7 Å². The second kappa shape index (κ2) is 6.55. The number of carbonyl (C=O) groups is 1. The number of piperidine rings is 1. The molecule has 1 aromatic carbocycles. The van der Waals surface area contributed by atoms with Gasteiger partial charge in [0.05, 0.1) is 4.90 Å². The Labute approximate surface area is 125 Å². The molecule has 2 rings (SSSR count). The molecule has 1 unspecified atom stereocenters. The monoisotopic (exact) mass is 311 g/mol. The third kappa shape index (κ3) is 3.81. The molecule has 0 radical (unpaired) electrons. The number of hydrogen-bond acceptors (Lipinski definition) is 4. The summed E-state index contributed by atoms with van der Waals surface area (Å²) < 4.78 is 26.3. The Morgan fingerprint density at radius 3 is 2.57 bits per heavy atom. The molecule has 1 aliphatic heterocycles. The smallest absolute Gasteiger partial charge is 0.248 e. The number of primary amides is 1. The van der Waals surface area contributed by atoms with Crippen LogP contribution in [0.3, 0.4) is 0 Å². The number of sulfonamides is 1. The van der Waals surface area contributed by atoms with Crippen molar-refractivity contribution in [2.75, 3.05) is 26.7 Å². The highest BCUT2D eigenvalue weighted by Gasteiger charge is 2.24. The first kappa shape index (κ1) is 15.9. The second-order valence-electron chi connectivity index (χ2n) is 5.39. The molecule has 1 fully saturated rings. The minimum absolute atomic E-state index is 0.179. The van der Waals surface area contributed by atoms with Crippen LogP contribution in [0, 0.1) is 5.92 Å². The van der Waals surface area contributed by atoms with Crippen molar-refractivity contribution in [3.8, 4) is 0 Å². The molecule has 1 saturated heterocycles. The maximum absolute atomic E-state index is 12.5. The highest BCUT2D eigenvalue weighted by atomic mass is 32.2. The maximum atomic E-state index is 12.5. The quantitative estimate of drug-likeness (QED) is 0.823. The molecular weight excluding hydrogens is 290 g/mol. The number of nitrogens with one attached hydrogen (secondary N) is 1. The lowest BCUT2D eigenvalue weighted by molar-refractivity contribution is 0.1000. The lowest BCUT2D eigenvalue weighted by Crippen LogP contribution is -2.39. The Kier molecular flexibility index (Phi) is 4.97. The zero-order valence-corrected chi connectivity index (χ0v) is 12.9. The van der Waals surface area contributed by atoms with Crippen LogP contribution >= 0.6 is 0 Å². The number of rotatable bonds is 5. The Hall–Kier alpha value is -1.44. The molecule has 0 aliphatic carbocycles. The summed E-state index contributed by atoms with van der Waals surface area (Å²) >= 11 is 0. The highest BCUT2D eigenvalue weighted by molar-refractivity contribution is 7.89. The van der Waals surface area contributed by atoms with Crippen molar-refractivity contribution >= 4 is 15.9 Å². The van der Waals surface area contributed by atoms with Crippen molar-refractivity contribution in [1.29, 1.82) is 0 Å². The third-order valence-electron chi connectivity index (χ3n) is 3.76. The van der Waals surface area contributed by atoms with E-state index in [-0.39, 0.29) is 4.90 Å². The van der Waals surface area contributed by atoms with Crippen molar-refractivity contribution in [2.45, 2.75) is 17.7 Å². The summed E-state index contributed by atoms with van der Waals surface area (Å²) in [5.41, 5.74) is 5.45. The number of benzene rings is 1. The van der Waals surface area contributed by atoms with Crippen molar-refractivity contribution in [2.24, 2.45) is 11.7 Å². The average Bonchev–Trinajstić information content (AvgIpc) is 2.48. The first-order chi connectivity index (χ1) is 9.91. The van der Waals surface area contributed by atoms with Gasteiger partial charge < -0.3 is 11.1 Å². The van der Waals surface area contributed by atoms with Gasteiger partial charge in [0, 0.05) is 19.2 Å². The van der Waals surface area contributed by atoms with Crippen molar-refractivity contribution in [1.82, 2.24) is 9.62 Å². The van der Waals surface area contributed by atoms with Crippen LogP contribution in [-0.2, 0) is 10.0 Å². The molecule has 1 amide bonds. The molecule has 7 heteroatoms. The van der Waals surface area contributed by atoms with E-state index in [2.05, 4.69) is 5.32 Å². The van der Waals surface area contributed by atoms with Crippen LogP contribution in [0.1, 0.15) is 23.2 Å². The first-order valence-electron chi connectivity index (χ1n) is 6.98. The summed E-state index contributed by atoms with van der Waals surface area (Å²) in [6.07, 6.45) is 2.11. The number of nitrogens with two attached hydrogens (primary N) is 1. The summed E-state index contributed by atoms with van der Waals surface area (Å²) in [6.45, 7) is 2.34. The van der Waals surface area contributed by atoms with Gasteiger partial charge in [-0.3, -0.25) is 4.79 Å². The molecule has 1 aliphatic rings. The SMILES string of the molecule is CN(CC1CCCNC1)S(=O)(=O)c1ccc(C(N)=O)cc1. The Balaban J connectivity index is 2.10. The van der Waals surface area contributed by atoms with Gasteiger partial charge in [0.15, 0.2) is 0 Å². The topological polar surface area (TPSA) is 92.5 Å². The van der Waals surface area contributed by atoms with Gasteiger partial charge in [0.2, 0.25) is 15.9 Å². The summed E-state index contributed by atoms with van der Waals surface area (Å²) in [5, 5.41) is 3.28. The van der Waals surface area contributed by atoms with Crippen molar-refractivity contribution < 1.29 is 13.2 Å². The van der Waals surface area contributed by atoms with Gasteiger partial charge in [-0.05, 0) is 56.1 Å². The fraction of sp³-hybridized carbons (Fsp3) is 0.500. The summed E-state index contributed by atoms with van der Waals surface area (Å²) in [5.74, 6) is -0.232. The fourth-order valence-electron chi connectivity index (χ4n) is 2.51. The van der Waals surface area contributed by atoms with Crippen LogP contribution in [0.15, 0.2) is 29.2 Å². The van der Waals surface area contributed by atoms with E-state index in [1.165, 1.54) is 28.6 Å². The lowest BCUT2D eigenvalue weighted by atomic mass is 10.00. The first-order valence-corrected chi connectivity index (χ1v) is 8.42. The molecule has 1 atom stereocenters. The molecule has 0 aromatic heterocycles. The van der Waals surface area contributed by atoms with Crippen LogP contribution < -0.4 is 11.1 Å². The predicted octanol–water partition coefficient (Wildman–Crippen LogP) is 0.406. The fourth-order valence-corrected chi connectivity index (χ4v) is 3.76. The number of amides is 1. The van der Waals surface area contributed by atoms with Gasteiger partial charge in [-0.2, -0.15) is 0 Å². The minimum Gasteiger partial charge on any atom is -0.366 e. The second-order valence-corrected chi connectivity index (χ2v) is 7.43. The number of carbonyl (C=O) groups excluding carboxylic acids is 1. The zero-order valence-electron chi connectivity index (χ0n) is 12.1. The molecule has 0 spiro atoms. The molecule has 1 heterocycles. The Morgan fingerprint density at radius 1 is 1.38 bits per heavy atom. The van der Waals surface area contributed by atoms with E-state index in [1.54, 1.807) is 7.05 Å². The van der Waals surface area contributed by atoms with Gasteiger partial charge in [-0.15, -0.1) is 0 Å². The van der Waals surface area contributed by atoms with Crippen LogP contribution in [0.4, 0.5) is 0 Å². The lowest BCUT2D eigenvalue weighted by Gasteiger charge is -2.27. The van der Waals surface area contributed by atoms with E-state index in [0.29, 0.717) is 18.0 Å². The average molecular weight is 311 g/mol. The van der Waals surface area contributed by atoms with E-state index in [4.69, 9.17) is 5.73 Å².